The van der Waals surface area contributed by atoms with Gasteiger partial charge in [0.1, 0.15) is 5.82 Å². The van der Waals surface area contributed by atoms with Crippen LogP contribution in [0.25, 0.3) is 0 Å². The molecule has 1 amide bonds. The summed E-state index contributed by atoms with van der Waals surface area (Å²) in [5.74, 6) is 1.41. The molecule has 0 saturated carbocycles. The molecule has 2 aliphatic rings. The highest BCUT2D eigenvalue weighted by molar-refractivity contribution is 8.01. The minimum Gasteiger partial charge on any atom is -0.454 e. The van der Waals surface area contributed by atoms with Crippen molar-refractivity contribution in [3.8, 4) is 11.5 Å². The number of hydrogen-bond donors (Lipinski definition) is 0. The lowest BCUT2D eigenvalue weighted by Gasteiger charge is -2.34. The Bertz CT molecular complexity index is 1210. The Hall–Kier alpha value is -2.95. The molecule has 3 aromatic rings. The number of hydrogen-bond acceptors (Lipinski definition) is 8. The number of halogens is 1. The molecule has 0 bridgehead atoms. The van der Waals surface area contributed by atoms with Crippen molar-refractivity contribution in [2.24, 2.45) is 0 Å². The molecule has 2 aromatic carbocycles. The number of carbonyl (C=O) groups is 2. The first kappa shape index (κ1) is 23.8. The van der Waals surface area contributed by atoms with Crippen LogP contribution < -0.4 is 9.47 Å². The topological polar surface area (TPSA) is 72.0 Å². The monoisotopic (exact) mass is 513 g/mol. The van der Waals surface area contributed by atoms with Gasteiger partial charge in [-0.05, 0) is 42.0 Å². The normalized spacial score (nSPS) is 15.4. The first-order valence-corrected chi connectivity index (χ1v) is 13.1. The molecule has 1 saturated heterocycles. The average Bonchev–Trinajstić information content (AvgIpc) is 3.52. The molecule has 7 nitrogen and oxygen atoms in total. The van der Waals surface area contributed by atoms with Gasteiger partial charge in [0.05, 0.1) is 17.9 Å². The summed E-state index contributed by atoms with van der Waals surface area (Å²) in [6.45, 7) is 4.06. The van der Waals surface area contributed by atoms with E-state index in [1.807, 2.05) is 22.4 Å². The van der Waals surface area contributed by atoms with Crippen molar-refractivity contribution in [3.05, 3.63) is 70.5 Å². The second-order valence-electron chi connectivity index (χ2n) is 8.34. The molecule has 0 aliphatic carbocycles. The Kier molecular flexibility index (Phi) is 7.31. The van der Waals surface area contributed by atoms with Gasteiger partial charge in [0.2, 0.25) is 12.7 Å². The number of thiazole rings is 1. The molecule has 1 fully saturated rings. The number of benzene rings is 2. The second-order valence-corrected chi connectivity index (χ2v) is 10.4. The standard InChI is InChI=1S/C25H24FN3O4S2/c26-19-4-2-18(3-5-19)21(30)15-35-25-27-20(14-34-25)12-24(31)29-9-7-28(8-10-29)13-17-1-6-22-23(11-17)33-16-32-22/h1-6,11,14H,7-10,12-13,15-16H2. The highest BCUT2D eigenvalue weighted by Crippen LogP contribution is 2.33. The molecule has 0 unspecified atom stereocenters. The van der Waals surface area contributed by atoms with Crippen molar-refractivity contribution < 1.29 is 23.5 Å². The first-order chi connectivity index (χ1) is 17.0. The van der Waals surface area contributed by atoms with E-state index < -0.39 is 0 Å². The van der Waals surface area contributed by atoms with Crippen LogP contribution in [0.1, 0.15) is 21.6 Å². The van der Waals surface area contributed by atoms with Crippen LogP contribution in [0.15, 0.2) is 52.2 Å². The van der Waals surface area contributed by atoms with Crippen LogP contribution in [0, 0.1) is 5.82 Å². The molecule has 10 heteroatoms. The summed E-state index contributed by atoms with van der Waals surface area (Å²) in [6, 6.07) is 11.5. The molecule has 0 N–H and O–H groups in total. The van der Waals surface area contributed by atoms with Crippen molar-refractivity contribution in [2.45, 2.75) is 17.3 Å². The molecule has 0 radical (unpaired) electrons. The van der Waals surface area contributed by atoms with Crippen LogP contribution in [0.5, 0.6) is 11.5 Å². The average molecular weight is 514 g/mol. The van der Waals surface area contributed by atoms with Crippen LogP contribution in [-0.2, 0) is 17.8 Å². The van der Waals surface area contributed by atoms with E-state index in [0.717, 1.165) is 41.2 Å². The molecule has 2 aliphatic heterocycles. The fourth-order valence-electron chi connectivity index (χ4n) is 4.00. The summed E-state index contributed by atoms with van der Waals surface area (Å²) in [4.78, 5) is 33.8. The van der Waals surface area contributed by atoms with E-state index in [1.54, 1.807) is 0 Å². The van der Waals surface area contributed by atoms with E-state index in [1.165, 1.54) is 52.9 Å². The number of carbonyl (C=O) groups excluding carboxylic acids is 2. The van der Waals surface area contributed by atoms with Crippen molar-refractivity contribution in [3.63, 3.8) is 0 Å². The lowest BCUT2D eigenvalue weighted by molar-refractivity contribution is -0.132. The van der Waals surface area contributed by atoms with Crippen molar-refractivity contribution in [1.29, 1.82) is 0 Å². The van der Waals surface area contributed by atoms with Crippen molar-refractivity contribution in [2.75, 3.05) is 38.7 Å². The highest BCUT2D eigenvalue weighted by Gasteiger charge is 2.23. The predicted octanol–water partition coefficient (Wildman–Crippen LogP) is 3.87. The fraction of sp³-hybridized carbons (Fsp3) is 0.320. The molecule has 1 aromatic heterocycles. The van der Waals surface area contributed by atoms with E-state index >= 15 is 0 Å². The summed E-state index contributed by atoms with van der Waals surface area (Å²) >= 11 is 2.76. The third-order valence-electron chi connectivity index (χ3n) is 5.92. The van der Waals surface area contributed by atoms with Gasteiger partial charge in [0.15, 0.2) is 21.6 Å². The zero-order valence-electron chi connectivity index (χ0n) is 18.9. The number of rotatable bonds is 8. The Morgan fingerprint density at radius 2 is 1.80 bits per heavy atom. The van der Waals surface area contributed by atoms with E-state index in [-0.39, 0.29) is 36.5 Å². The Morgan fingerprint density at radius 3 is 2.60 bits per heavy atom. The molecule has 0 atom stereocenters. The van der Waals surface area contributed by atoms with Gasteiger partial charge in [0, 0.05) is 43.7 Å². The summed E-state index contributed by atoms with van der Waals surface area (Å²) < 4.78 is 24.6. The lowest BCUT2D eigenvalue weighted by Crippen LogP contribution is -2.48. The maximum Gasteiger partial charge on any atom is 0.231 e. The van der Waals surface area contributed by atoms with Crippen LogP contribution in [0.3, 0.4) is 0 Å². The third-order valence-corrected chi connectivity index (χ3v) is 7.99. The van der Waals surface area contributed by atoms with Gasteiger partial charge in [-0.1, -0.05) is 17.8 Å². The maximum absolute atomic E-state index is 13.0. The number of thioether (sulfide) groups is 1. The molecule has 35 heavy (non-hydrogen) atoms. The quantitative estimate of drug-likeness (QED) is 0.335. The number of fused-ring (bicyclic) bond motifs is 1. The number of aromatic nitrogens is 1. The number of piperazine rings is 1. The van der Waals surface area contributed by atoms with Crippen molar-refractivity contribution >= 4 is 34.8 Å². The molecule has 182 valence electrons. The largest absolute Gasteiger partial charge is 0.454 e. The Balaban J connectivity index is 1.06. The van der Waals surface area contributed by atoms with E-state index in [4.69, 9.17) is 9.47 Å². The fourth-order valence-corrected chi connectivity index (χ4v) is 5.74. The smallest absolute Gasteiger partial charge is 0.231 e. The van der Waals surface area contributed by atoms with E-state index in [0.29, 0.717) is 18.7 Å². The minimum atomic E-state index is -0.366. The predicted molar refractivity (Wildman–Crippen MR) is 132 cm³/mol. The molecular weight excluding hydrogens is 489 g/mol. The minimum absolute atomic E-state index is 0.0666. The van der Waals surface area contributed by atoms with E-state index in [2.05, 4.69) is 16.0 Å². The second kappa shape index (κ2) is 10.8. The van der Waals surface area contributed by atoms with E-state index in [9.17, 15) is 14.0 Å². The Labute approximate surface area is 210 Å². The summed E-state index contributed by atoms with van der Waals surface area (Å²) in [6.07, 6.45) is 0.255. The lowest BCUT2D eigenvalue weighted by atomic mass is 10.1. The van der Waals surface area contributed by atoms with Crippen LogP contribution >= 0.6 is 23.1 Å². The zero-order chi connectivity index (χ0) is 24.2. The number of ketones is 1. The molecular formula is C25H24FN3O4S2. The van der Waals surface area contributed by atoms with Gasteiger partial charge in [-0.15, -0.1) is 11.3 Å². The maximum atomic E-state index is 13.0. The molecule has 0 spiro atoms. The van der Waals surface area contributed by atoms with Crippen LogP contribution in [-0.4, -0.2) is 65.2 Å². The SMILES string of the molecule is O=C(CSc1nc(CC(=O)N2CCN(Cc3ccc4c(c3)OCO4)CC2)cs1)c1ccc(F)cc1. The summed E-state index contributed by atoms with van der Waals surface area (Å²) in [7, 11) is 0. The third kappa shape index (κ3) is 6.01. The number of nitrogens with zero attached hydrogens (tertiary/aromatic N) is 3. The molecule has 3 heterocycles. The summed E-state index contributed by atoms with van der Waals surface area (Å²) in [5.41, 5.74) is 2.36. The zero-order valence-corrected chi connectivity index (χ0v) is 20.6. The van der Waals surface area contributed by atoms with Gasteiger partial charge in [0.25, 0.3) is 0 Å². The van der Waals surface area contributed by atoms with Crippen LogP contribution in [0.2, 0.25) is 0 Å². The Morgan fingerprint density at radius 1 is 1.03 bits per heavy atom. The number of ether oxygens (including phenoxy) is 2. The van der Waals surface area contributed by atoms with Crippen LogP contribution in [0.4, 0.5) is 4.39 Å². The first-order valence-electron chi connectivity index (χ1n) is 11.3. The van der Waals surface area contributed by atoms with Crippen molar-refractivity contribution in [1.82, 2.24) is 14.8 Å². The number of amides is 1. The van der Waals surface area contributed by atoms with Gasteiger partial charge < -0.3 is 14.4 Å². The highest BCUT2D eigenvalue weighted by atomic mass is 32.2. The van der Waals surface area contributed by atoms with Gasteiger partial charge in [-0.25, -0.2) is 9.37 Å². The summed E-state index contributed by atoms with van der Waals surface area (Å²) in [5, 5.41) is 1.87. The van der Waals surface area contributed by atoms with Gasteiger partial charge >= 0.3 is 0 Å². The number of Topliss-reactive ketones (excluding diaryl/α,β-unsaturated/α-hetero) is 1. The van der Waals surface area contributed by atoms with Gasteiger partial charge in [-0.2, -0.15) is 0 Å². The van der Waals surface area contributed by atoms with Gasteiger partial charge in [-0.3, -0.25) is 14.5 Å². The molecule has 5 rings (SSSR count).